The molecule has 2 N–H and O–H groups in total. The Morgan fingerprint density at radius 1 is 0.900 bits per heavy atom. The fourth-order valence-corrected chi connectivity index (χ4v) is 5.16. The smallest absolute Gasteiger partial charge is 0.250 e. The minimum Gasteiger partial charge on any atom is -0.513 e. The number of hydrogen-bond donors (Lipinski definition) is 2. The Bertz CT molecular complexity index is 964. The highest BCUT2D eigenvalue weighted by Crippen LogP contribution is 2.34. The fourth-order valence-electron chi connectivity index (χ4n) is 5.16. The maximum absolute atomic E-state index is 13.4. The van der Waals surface area contributed by atoms with Crippen LogP contribution in [-0.2, 0) is 4.79 Å². The van der Waals surface area contributed by atoms with Crippen LogP contribution in [0.1, 0.15) is 142 Å². The van der Waals surface area contributed by atoms with Crippen molar-refractivity contribution in [2.75, 3.05) is 0 Å². The molecule has 0 saturated heterocycles. The van der Waals surface area contributed by atoms with Crippen molar-refractivity contribution in [3.8, 4) is 11.4 Å². The van der Waals surface area contributed by atoms with E-state index in [1.165, 1.54) is 77.0 Å². The van der Waals surface area contributed by atoms with Crippen LogP contribution in [-0.4, -0.2) is 21.2 Å². The number of carbonyl (C=O) groups is 1. The molecule has 6 nitrogen and oxygen atoms in total. The van der Waals surface area contributed by atoms with E-state index in [2.05, 4.69) is 29.0 Å². The first-order chi connectivity index (χ1) is 19.2. The van der Waals surface area contributed by atoms with E-state index < -0.39 is 6.04 Å². The second kappa shape index (κ2) is 18.7. The minimum atomic E-state index is -0.448. The number of aliphatic hydroxyl groups excluding tert-OH is 1. The van der Waals surface area contributed by atoms with E-state index in [-0.39, 0.29) is 29.4 Å². The molecule has 2 aromatic rings. The molecule has 2 rings (SSSR count). The van der Waals surface area contributed by atoms with Crippen molar-refractivity contribution in [3.63, 3.8) is 0 Å². The second-order valence-corrected chi connectivity index (χ2v) is 12.5. The second-order valence-electron chi connectivity index (χ2n) is 12.5. The number of aliphatic hydroxyl groups is 1. The predicted octanol–water partition coefficient (Wildman–Crippen LogP) is 9.89. The fraction of sp³-hybridized carbons (Fsp3) is 0.676. The number of aromatic nitrogens is 2. The molecule has 0 aliphatic rings. The molecule has 224 valence electrons. The largest absolute Gasteiger partial charge is 0.513 e. The molecule has 0 unspecified atom stereocenters. The van der Waals surface area contributed by atoms with Gasteiger partial charge >= 0.3 is 0 Å². The highest BCUT2D eigenvalue weighted by Gasteiger charge is 2.34. The molecule has 40 heavy (non-hydrogen) atoms. The molecule has 0 radical (unpaired) electrons. The lowest BCUT2D eigenvalue weighted by molar-refractivity contribution is -0.127. The number of benzene rings is 1. The maximum Gasteiger partial charge on any atom is 0.250 e. The zero-order chi connectivity index (χ0) is 29.2. The summed E-state index contributed by atoms with van der Waals surface area (Å²) in [6.45, 7) is 12.0. The summed E-state index contributed by atoms with van der Waals surface area (Å²) in [5.41, 5.74) is 0.523. The van der Waals surface area contributed by atoms with E-state index in [0.29, 0.717) is 11.7 Å². The van der Waals surface area contributed by atoms with E-state index >= 15 is 0 Å². The van der Waals surface area contributed by atoms with E-state index in [1.807, 2.05) is 51.1 Å². The molecular weight excluding hydrogens is 498 g/mol. The Morgan fingerprint density at radius 2 is 1.43 bits per heavy atom. The number of amides is 1. The first kappa shape index (κ1) is 33.6. The first-order valence-electron chi connectivity index (χ1n) is 15.8. The summed E-state index contributed by atoms with van der Waals surface area (Å²) in [7, 11) is 0. The highest BCUT2D eigenvalue weighted by atomic mass is 16.5. The lowest BCUT2D eigenvalue weighted by Gasteiger charge is -2.30. The molecule has 1 heterocycles. The van der Waals surface area contributed by atoms with E-state index in [9.17, 15) is 9.90 Å². The highest BCUT2D eigenvalue weighted by molar-refractivity contribution is 5.79. The molecule has 1 amide bonds. The van der Waals surface area contributed by atoms with Crippen LogP contribution < -0.4 is 5.32 Å². The molecule has 0 aliphatic carbocycles. The lowest BCUT2D eigenvalue weighted by atomic mass is 9.85. The summed E-state index contributed by atoms with van der Waals surface area (Å²) in [6, 6.07) is 9.21. The van der Waals surface area contributed by atoms with Crippen LogP contribution >= 0.6 is 0 Å². The van der Waals surface area contributed by atoms with Crippen molar-refractivity contribution in [2.24, 2.45) is 11.3 Å². The van der Waals surface area contributed by atoms with Crippen molar-refractivity contribution in [1.29, 1.82) is 0 Å². The third-order valence-corrected chi connectivity index (χ3v) is 7.63. The third-order valence-electron chi connectivity index (χ3n) is 7.63. The van der Waals surface area contributed by atoms with E-state index in [1.54, 1.807) is 0 Å². The summed E-state index contributed by atoms with van der Waals surface area (Å²) in [6.07, 6.45) is 19.2. The van der Waals surface area contributed by atoms with Gasteiger partial charge in [-0.05, 0) is 11.8 Å². The number of unbranched alkanes of at least 4 members (excludes halogenated alkanes) is 13. The lowest BCUT2D eigenvalue weighted by Crippen LogP contribution is -2.40. The summed E-state index contributed by atoms with van der Waals surface area (Å²) >= 11 is 0. The zero-order valence-electron chi connectivity index (χ0n) is 25.7. The third kappa shape index (κ3) is 13.1. The normalized spacial score (nSPS) is 13.2. The number of rotatable bonds is 21. The molecule has 0 aliphatic heterocycles. The maximum atomic E-state index is 13.4. The molecule has 0 saturated carbocycles. The molecule has 1 aromatic carbocycles. The summed E-state index contributed by atoms with van der Waals surface area (Å²) in [5.74, 6) is 0.488. The Kier molecular flexibility index (Phi) is 15.7. The molecule has 0 fully saturated rings. The van der Waals surface area contributed by atoms with Gasteiger partial charge in [-0.1, -0.05) is 160 Å². The Morgan fingerprint density at radius 3 is 1.93 bits per heavy atom. The Labute approximate surface area is 243 Å². The van der Waals surface area contributed by atoms with Crippen LogP contribution in [0.25, 0.3) is 11.4 Å². The monoisotopic (exact) mass is 553 g/mol. The minimum absolute atomic E-state index is 0.0435. The van der Waals surface area contributed by atoms with Crippen molar-refractivity contribution in [3.05, 3.63) is 48.6 Å². The summed E-state index contributed by atoms with van der Waals surface area (Å²) in [4.78, 5) is 18.0. The van der Waals surface area contributed by atoms with Gasteiger partial charge in [0.2, 0.25) is 17.6 Å². The van der Waals surface area contributed by atoms with Crippen molar-refractivity contribution >= 4 is 5.91 Å². The number of nitrogens with zero attached hydrogens (tertiary/aromatic N) is 2. The van der Waals surface area contributed by atoms with Crippen molar-refractivity contribution in [1.82, 2.24) is 15.5 Å². The Balaban J connectivity index is 1.77. The van der Waals surface area contributed by atoms with Gasteiger partial charge in [-0.2, -0.15) is 4.98 Å². The van der Waals surface area contributed by atoms with Gasteiger partial charge in [0.1, 0.15) is 6.04 Å². The number of carbonyl (C=O) groups excluding carboxylic acids is 1. The molecular formula is C34H55N3O3. The van der Waals surface area contributed by atoms with Gasteiger partial charge in [0.05, 0.1) is 5.76 Å². The number of allylic oxidation sites excluding steroid dienone is 1. The van der Waals surface area contributed by atoms with E-state index in [4.69, 9.17) is 4.52 Å². The quantitative estimate of drug-likeness (QED) is 0.119. The van der Waals surface area contributed by atoms with Crippen LogP contribution in [0.15, 0.2) is 47.2 Å². The summed E-state index contributed by atoms with van der Waals surface area (Å²) < 4.78 is 5.61. The van der Waals surface area contributed by atoms with Gasteiger partial charge < -0.3 is 14.9 Å². The standard InChI is InChI=1S/C34H55N3O3/c1-6-7-8-9-10-11-12-13-14-15-16-17-18-20-25-29(26-27(2)38)32(39)35-30(34(3,4)5)33-36-31(37-40-33)28-23-21-19-22-24-28/h19,21-24,29-30,38H,2,6-18,20,25-26H2,1,3-5H3,(H,35,39)/t29-,30-/m1/s1. The average molecular weight is 554 g/mol. The van der Waals surface area contributed by atoms with Gasteiger partial charge in [0, 0.05) is 17.9 Å². The molecule has 0 spiro atoms. The van der Waals surface area contributed by atoms with Crippen molar-refractivity contribution < 1.29 is 14.4 Å². The zero-order valence-corrected chi connectivity index (χ0v) is 25.7. The van der Waals surface area contributed by atoms with E-state index in [0.717, 1.165) is 24.8 Å². The Hall–Kier alpha value is -2.63. The van der Waals surface area contributed by atoms with Crippen molar-refractivity contribution in [2.45, 2.75) is 136 Å². The average Bonchev–Trinajstić information content (AvgIpc) is 3.40. The van der Waals surface area contributed by atoms with Crippen LogP contribution in [0.4, 0.5) is 0 Å². The number of hydrogen-bond acceptors (Lipinski definition) is 5. The molecule has 1 aromatic heterocycles. The van der Waals surface area contributed by atoms with Gasteiger partial charge in [-0.15, -0.1) is 0 Å². The number of nitrogens with one attached hydrogen (secondary N) is 1. The van der Waals surface area contributed by atoms with Gasteiger partial charge in [0.25, 0.3) is 0 Å². The predicted molar refractivity (Wildman–Crippen MR) is 165 cm³/mol. The van der Waals surface area contributed by atoms with Crippen LogP contribution in [0.3, 0.4) is 0 Å². The molecule has 6 heteroatoms. The van der Waals surface area contributed by atoms with Crippen LogP contribution in [0, 0.1) is 11.3 Å². The first-order valence-corrected chi connectivity index (χ1v) is 15.8. The van der Waals surface area contributed by atoms with Gasteiger partial charge in [0.15, 0.2) is 0 Å². The van der Waals surface area contributed by atoms with Gasteiger partial charge in [-0.25, -0.2) is 0 Å². The van der Waals surface area contributed by atoms with Crippen LogP contribution in [0.5, 0.6) is 0 Å². The van der Waals surface area contributed by atoms with Gasteiger partial charge in [-0.3, -0.25) is 4.79 Å². The molecule has 2 atom stereocenters. The summed E-state index contributed by atoms with van der Waals surface area (Å²) in [5, 5.41) is 17.2. The molecule has 0 bridgehead atoms. The topological polar surface area (TPSA) is 88.2 Å². The SMILES string of the molecule is C=C(O)C[C@@H](CCCCCCCCCCCCCCCC)C(=O)N[C@H](c1nc(-c2ccccc2)no1)C(C)(C)C. The van der Waals surface area contributed by atoms with Crippen LogP contribution in [0.2, 0.25) is 0 Å².